The minimum atomic E-state index is -0.440. The van der Waals surface area contributed by atoms with Crippen LogP contribution in [0.4, 0.5) is 4.79 Å². The van der Waals surface area contributed by atoms with Crippen molar-refractivity contribution in [2.24, 2.45) is 7.05 Å². The Hall–Kier alpha value is -1.56. The number of carbonyl (C=O) groups is 1. The van der Waals surface area contributed by atoms with E-state index in [-0.39, 0.29) is 6.09 Å². The number of likely N-dealkylation sites (tertiary alicyclic amines) is 1. The summed E-state index contributed by atoms with van der Waals surface area (Å²) in [7, 11) is 1.95. The Morgan fingerprint density at radius 2 is 2.23 bits per heavy atom. The van der Waals surface area contributed by atoms with Crippen molar-refractivity contribution in [1.29, 1.82) is 0 Å². The Bertz CT molecular complexity index is 519. The van der Waals surface area contributed by atoms with E-state index in [0.29, 0.717) is 12.6 Å². The lowest BCUT2D eigenvalue weighted by molar-refractivity contribution is 0.0187. The molecule has 22 heavy (non-hydrogen) atoms. The predicted molar refractivity (Wildman–Crippen MR) is 85.6 cm³/mol. The highest BCUT2D eigenvalue weighted by Gasteiger charge is 2.27. The summed E-state index contributed by atoms with van der Waals surface area (Å²) < 4.78 is 7.34. The zero-order valence-corrected chi connectivity index (χ0v) is 14.3. The van der Waals surface area contributed by atoms with Gasteiger partial charge in [0, 0.05) is 44.0 Å². The summed E-state index contributed by atoms with van der Waals surface area (Å²) in [6.45, 7) is 10.0. The first kappa shape index (κ1) is 16.8. The zero-order valence-electron chi connectivity index (χ0n) is 14.3. The van der Waals surface area contributed by atoms with Crippen LogP contribution in [-0.4, -0.2) is 45.5 Å². The molecule has 0 aliphatic carbocycles. The van der Waals surface area contributed by atoms with E-state index < -0.39 is 5.60 Å². The third-order valence-corrected chi connectivity index (χ3v) is 3.99. The molecule has 2 rings (SSSR count). The first-order valence-corrected chi connectivity index (χ1v) is 7.95. The second kappa shape index (κ2) is 6.69. The van der Waals surface area contributed by atoms with Gasteiger partial charge in [-0.3, -0.25) is 4.68 Å². The van der Waals surface area contributed by atoms with E-state index in [9.17, 15) is 4.79 Å². The molecule has 124 valence electrons. The van der Waals surface area contributed by atoms with E-state index in [1.165, 1.54) is 11.3 Å². The summed E-state index contributed by atoms with van der Waals surface area (Å²) >= 11 is 0. The lowest BCUT2D eigenvalue weighted by Crippen LogP contribution is -2.49. The highest BCUT2D eigenvalue weighted by molar-refractivity contribution is 5.68. The Balaban J connectivity index is 1.85. The maximum absolute atomic E-state index is 12.2. The highest BCUT2D eigenvalue weighted by atomic mass is 16.6. The van der Waals surface area contributed by atoms with Crippen LogP contribution in [0, 0.1) is 6.92 Å². The fraction of sp³-hybridized carbons (Fsp3) is 0.750. The summed E-state index contributed by atoms with van der Waals surface area (Å²) in [5, 5.41) is 7.79. The van der Waals surface area contributed by atoms with Crippen LogP contribution in [0.3, 0.4) is 0 Å². The maximum atomic E-state index is 12.2. The van der Waals surface area contributed by atoms with E-state index in [1.807, 2.05) is 43.6 Å². The number of hydrogen-bond donors (Lipinski definition) is 1. The molecule has 1 atom stereocenters. The van der Waals surface area contributed by atoms with Crippen LogP contribution >= 0.6 is 0 Å². The predicted octanol–water partition coefficient (Wildman–Crippen LogP) is 2.22. The SMILES string of the molecule is Cc1c(CNC2CCCN(C(=O)OC(C)(C)C)C2)cnn1C. The molecule has 0 bridgehead atoms. The van der Waals surface area contributed by atoms with Crippen molar-refractivity contribution in [3.8, 4) is 0 Å². The van der Waals surface area contributed by atoms with Crippen molar-refractivity contribution in [3.05, 3.63) is 17.5 Å². The van der Waals surface area contributed by atoms with Gasteiger partial charge in [0.05, 0.1) is 6.20 Å². The maximum Gasteiger partial charge on any atom is 0.410 e. The molecule has 6 nitrogen and oxygen atoms in total. The van der Waals surface area contributed by atoms with Gasteiger partial charge in [0.25, 0.3) is 0 Å². The number of nitrogens with one attached hydrogen (secondary N) is 1. The molecule has 1 aliphatic heterocycles. The van der Waals surface area contributed by atoms with Crippen LogP contribution < -0.4 is 5.32 Å². The smallest absolute Gasteiger partial charge is 0.410 e. The molecule has 0 saturated carbocycles. The number of piperidine rings is 1. The minimum absolute atomic E-state index is 0.212. The third kappa shape index (κ3) is 4.47. The topological polar surface area (TPSA) is 59.4 Å². The number of carbonyl (C=O) groups excluding carboxylic acids is 1. The van der Waals surface area contributed by atoms with E-state index in [4.69, 9.17) is 4.74 Å². The molecule has 1 fully saturated rings. The van der Waals surface area contributed by atoms with Crippen molar-refractivity contribution in [2.75, 3.05) is 13.1 Å². The van der Waals surface area contributed by atoms with E-state index >= 15 is 0 Å². The lowest BCUT2D eigenvalue weighted by atomic mass is 10.1. The van der Waals surface area contributed by atoms with E-state index in [1.54, 1.807) is 0 Å². The summed E-state index contributed by atoms with van der Waals surface area (Å²) in [5.74, 6) is 0. The second-order valence-electron chi connectivity index (χ2n) is 7.03. The third-order valence-electron chi connectivity index (χ3n) is 3.99. The zero-order chi connectivity index (χ0) is 16.3. The second-order valence-corrected chi connectivity index (χ2v) is 7.03. The lowest BCUT2D eigenvalue weighted by Gasteiger charge is -2.34. The van der Waals surface area contributed by atoms with Gasteiger partial charge in [-0.05, 0) is 40.5 Å². The largest absolute Gasteiger partial charge is 0.444 e. The first-order chi connectivity index (χ1) is 10.3. The number of hydrogen-bond acceptors (Lipinski definition) is 4. The van der Waals surface area contributed by atoms with Crippen molar-refractivity contribution < 1.29 is 9.53 Å². The summed E-state index contributed by atoms with van der Waals surface area (Å²) in [4.78, 5) is 14.0. The van der Waals surface area contributed by atoms with Gasteiger partial charge in [-0.2, -0.15) is 5.10 Å². The van der Waals surface area contributed by atoms with Crippen LogP contribution in [0.5, 0.6) is 0 Å². The van der Waals surface area contributed by atoms with E-state index in [0.717, 1.165) is 25.9 Å². The first-order valence-electron chi connectivity index (χ1n) is 7.95. The van der Waals surface area contributed by atoms with Crippen LogP contribution in [0.25, 0.3) is 0 Å². The molecule has 2 heterocycles. The van der Waals surface area contributed by atoms with Gasteiger partial charge < -0.3 is 15.0 Å². The molecule has 1 aliphatic rings. The van der Waals surface area contributed by atoms with Gasteiger partial charge in [-0.1, -0.05) is 0 Å². The Morgan fingerprint density at radius 1 is 1.50 bits per heavy atom. The minimum Gasteiger partial charge on any atom is -0.444 e. The van der Waals surface area contributed by atoms with Crippen molar-refractivity contribution >= 4 is 6.09 Å². The van der Waals surface area contributed by atoms with Crippen LogP contribution in [0.1, 0.15) is 44.9 Å². The van der Waals surface area contributed by atoms with Crippen molar-refractivity contribution in [3.63, 3.8) is 0 Å². The fourth-order valence-corrected chi connectivity index (χ4v) is 2.61. The van der Waals surface area contributed by atoms with Gasteiger partial charge >= 0.3 is 6.09 Å². The Kier molecular flexibility index (Phi) is 5.11. The van der Waals surface area contributed by atoms with Gasteiger partial charge in [0.1, 0.15) is 5.60 Å². The number of aryl methyl sites for hydroxylation is 1. The van der Waals surface area contributed by atoms with Crippen LogP contribution in [-0.2, 0) is 18.3 Å². The standard InChI is InChI=1S/C16H28N4O2/c1-12-13(10-18-19(12)5)9-17-14-7-6-8-20(11-14)15(21)22-16(2,3)4/h10,14,17H,6-9,11H2,1-5H3. The van der Waals surface area contributed by atoms with Crippen molar-refractivity contribution in [1.82, 2.24) is 20.0 Å². The van der Waals surface area contributed by atoms with Gasteiger partial charge in [0.2, 0.25) is 0 Å². The summed E-state index contributed by atoms with van der Waals surface area (Å²) in [6, 6.07) is 0.306. The molecule has 1 aromatic heterocycles. The average Bonchev–Trinajstić information content (AvgIpc) is 2.75. The quantitative estimate of drug-likeness (QED) is 0.930. The molecule has 0 radical (unpaired) electrons. The molecule has 6 heteroatoms. The molecular formula is C16H28N4O2. The van der Waals surface area contributed by atoms with E-state index in [2.05, 4.69) is 17.3 Å². The Labute approximate surface area is 132 Å². The highest BCUT2D eigenvalue weighted by Crippen LogP contribution is 2.16. The summed E-state index contributed by atoms with van der Waals surface area (Å²) in [5.41, 5.74) is 1.94. The summed E-state index contributed by atoms with van der Waals surface area (Å²) in [6.07, 6.45) is 3.77. The molecule has 1 saturated heterocycles. The van der Waals surface area contributed by atoms with Gasteiger partial charge in [0.15, 0.2) is 0 Å². The number of ether oxygens (including phenoxy) is 1. The van der Waals surface area contributed by atoms with Crippen molar-refractivity contribution in [2.45, 2.75) is 58.7 Å². The van der Waals surface area contributed by atoms with Gasteiger partial charge in [-0.15, -0.1) is 0 Å². The van der Waals surface area contributed by atoms with Crippen LogP contribution in [0.2, 0.25) is 0 Å². The number of rotatable bonds is 3. The van der Waals surface area contributed by atoms with Gasteiger partial charge in [-0.25, -0.2) is 4.79 Å². The van der Waals surface area contributed by atoms with Crippen LogP contribution in [0.15, 0.2) is 6.20 Å². The number of amides is 1. The molecule has 0 aromatic carbocycles. The number of nitrogens with zero attached hydrogens (tertiary/aromatic N) is 3. The molecule has 1 amide bonds. The number of aromatic nitrogens is 2. The normalized spacial score (nSPS) is 19.3. The molecule has 1 aromatic rings. The monoisotopic (exact) mass is 308 g/mol. The Morgan fingerprint density at radius 3 is 2.82 bits per heavy atom. The molecule has 1 N–H and O–H groups in total. The molecule has 0 spiro atoms. The molecular weight excluding hydrogens is 280 g/mol. The average molecular weight is 308 g/mol. The molecule has 1 unspecified atom stereocenters. The fourth-order valence-electron chi connectivity index (χ4n) is 2.61.